The number of hydrogen-bond donors (Lipinski definition) is 3. The van der Waals surface area contributed by atoms with E-state index in [1.165, 1.54) is 32.2 Å². The highest BCUT2D eigenvalue weighted by molar-refractivity contribution is 7.92. The maximum absolute atomic E-state index is 15.0. The Balaban J connectivity index is 1.82. The van der Waals surface area contributed by atoms with Crippen LogP contribution in [0.2, 0.25) is 5.02 Å². The topological polar surface area (TPSA) is 205 Å². The first-order chi connectivity index (χ1) is 31.4. The van der Waals surface area contributed by atoms with Gasteiger partial charge in [0, 0.05) is 46.2 Å². The number of pyridine rings is 1. The number of halogens is 11. The molecule has 1 fully saturated rings. The van der Waals surface area contributed by atoms with Crippen molar-refractivity contribution >= 4 is 74.2 Å². The second-order valence-corrected chi connectivity index (χ2v) is 18.8. The van der Waals surface area contributed by atoms with E-state index >= 15 is 0 Å². The number of carboxylic acids is 1. The monoisotopic (exact) mass is 1030 g/mol. The van der Waals surface area contributed by atoms with E-state index in [9.17, 15) is 67.0 Å². The number of ether oxygens (including phenoxy) is 1. The fourth-order valence-electron chi connectivity index (χ4n) is 6.68. The van der Waals surface area contributed by atoms with Gasteiger partial charge in [0.25, 0.3) is 5.92 Å². The highest BCUT2D eigenvalue weighted by Gasteiger charge is 2.48. The van der Waals surface area contributed by atoms with E-state index in [2.05, 4.69) is 37.0 Å². The van der Waals surface area contributed by atoms with Gasteiger partial charge in [0.15, 0.2) is 6.61 Å². The number of aliphatic imine (C=N–C) groups is 1. The number of aromatic nitrogens is 3. The number of benzene rings is 2. The van der Waals surface area contributed by atoms with Crippen LogP contribution in [-0.2, 0) is 49.5 Å². The number of nitrogens with two attached hydrogens (primary N) is 1. The first-order valence-electron chi connectivity index (χ1n) is 19.3. The number of rotatable bonds is 13. The molecule has 1 saturated carbocycles. The molecule has 4 N–H and O–H groups in total. The van der Waals surface area contributed by atoms with Crippen molar-refractivity contribution in [2.75, 3.05) is 30.0 Å². The summed E-state index contributed by atoms with van der Waals surface area (Å²) in [6.07, 6.45) is -12.4. The van der Waals surface area contributed by atoms with E-state index in [-0.39, 0.29) is 32.4 Å². The van der Waals surface area contributed by atoms with Gasteiger partial charge in [-0.3, -0.25) is 18.7 Å². The molecule has 0 radical (unpaired) electrons. The zero-order valence-corrected chi connectivity index (χ0v) is 37.9. The molecule has 5 rings (SSSR count). The maximum Gasteiger partial charge on any atom is 0.458 e. The lowest BCUT2D eigenvalue weighted by Gasteiger charge is -2.23. The Morgan fingerprint density at radius 1 is 1.10 bits per heavy atom. The molecule has 68 heavy (non-hydrogen) atoms. The van der Waals surface area contributed by atoms with Crippen LogP contribution in [-0.4, -0.2) is 101 Å². The minimum Gasteiger partial charge on any atom is -0.593 e. The Morgan fingerprint density at radius 3 is 2.31 bits per heavy atom. The maximum atomic E-state index is 15.0. The van der Waals surface area contributed by atoms with Gasteiger partial charge in [-0.25, -0.2) is 23.4 Å². The summed E-state index contributed by atoms with van der Waals surface area (Å²) in [5, 5.41) is 14.5. The van der Waals surface area contributed by atoms with Crippen molar-refractivity contribution in [1.29, 1.82) is 0 Å². The van der Waals surface area contributed by atoms with Gasteiger partial charge in [-0.2, -0.15) is 35.1 Å². The molecule has 2 amide bonds. The Bertz CT molecular complexity index is 2790. The summed E-state index contributed by atoms with van der Waals surface area (Å²) < 4.78 is 172. The summed E-state index contributed by atoms with van der Waals surface area (Å²) in [7, 11) is -1.57. The van der Waals surface area contributed by atoms with Gasteiger partial charge in [0.05, 0.1) is 39.0 Å². The summed E-state index contributed by atoms with van der Waals surface area (Å²) in [6, 6.07) is 5.14. The summed E-state index contributed by atoms with van der Waals surface area (Å²) in [5.74, 6) is -4.52. The lowest BCUT2D eigenvalue weighted by atomic mass is 9.93. The predicted molar refractivity (Wildman–Crippen MR) is 229 cm³/mol. The molecule has 2 aromatic heterocycles. The van der Waals surface area contributed by atoms with E-state index in [0.717, 1.165) is 30.5 Å². The number of aliphatic carboxylic acids is 1. The van der Waals surface area contributed by atoms with Crippen molar-refractivity contribution in [3.8, 4) is 23.0 Å². The zero-order chi connectivity index (χ0) is 50.8. The Labute approximate surface area is 389 Å². The van der Waals surface area contributed by atoms with Gasteiger partial charge >= 0.3 is 24.4 Å². The molecule has 366 valence electrons. The van der Waals surface area contributed by atoms with Gasteiger partial charge in [-0.15, -0.1) is 5.10 Å². The average molecular weight is 1030 g/mol. The zero-order valence-electron chi connectivity index (χ0n) is 35.5. The third-order valence-electron chi connectivity index (χ3n) is 9.87. The molecule has 2 aromatic carbocycles. The normalized spacial score (nSPS) is 16.7. The molecule has 0 spiro atoms. The largest absolute Gasteiger partial charge is 0.593 e. The summed E-state index contributed by atoms with van der Waals surface area (Å²) in [5.41, 5.74) is -1.03. The molecule has 14 nitrogen and oxygen atoms in total. The number of hydrogen-bond acceptors (Lipinski definition) is 10. The number of carbonyl (C=O) groups is 3. The third-order valence-corrected chi connectivity index (χ3v) is 12.6. The van der Waals surface area contributed by atoms with Crippen molar-refractivity contribution in [3.05, 3.63) is 87.3 Å². The molecule has 3 unspecified atom stereocenters. The van der Waals surface area contributed by atoms with Crippen LogP contribution >= 0.6 is 11.6 Å². The van der Waals surface area contributed by atoms with E-state index in [1.807, 2.05) is 0 Å². The summed E-state index contributed by atoms with van der Waals surface area (Å²) in [6.45, 7) is -1.48. The standard InChI is InChI=1S/C41H36ClF10N7O7S2/c1-38(2,67(3)64)11-9-23-5-6-24(25-7-8-27(42)31-33(25)58(19-40(47,48)49)57-36(31)59(68(4)65)37(63)66-18-30(61)62)32(55-23)28(15-20-13-21(43)16-22(44)14-20)56-29(60)17-54-35-26(10-12-39(35,45)46)34(53)41(50,51)52/h5-8,13-14,16,28H,10,12,15,17-19,53H2,1-4H3,(H,56,60)(H,61,62). The van der Waals surface area contributed by atoms with Crippen LogP contribution in [0.1, 0.15) is 49.7 Å². The molecule has 1 aliphatic carbocycles. The fourth-order valence-corrected chi connectivity index (χ4v) is 7.75. The highest BCUT2D eigenvalue weighted by atomic mass is 35.5. The van der Waals surface area contributed by atoms with Crippen LogP contribution < -0.4 is 15.4 Å². The average Bonchev–Trinajstić information content (AvgIpc) is 3.72. The molecule has 0 aliphatic heterocycles. The molecule has 4 aromatic rings. The second-order valence-electron chi connectivity index (χ2n) is 15.3. The predicted octanol–water partition coefficient (Wildman–Crippen LogP) is 7.47. The number of carboxylic acid groups (broad SMARTS) is 1. The highest BCUT2D eigenvalue weighted by Crippen LogP contribution is 2.43. The van der Waals surface area contributed by atoms with Crippen molar-refractivity contribution < 1.29 is 76.9 Å². The van der Waals surface area contributed by atoms with Gasteiger partial charge in [-0.1, -0.05) is 27.9 Å². The minimum atomic E-state index is -5.25. The number of nitrogens with one attached hydrogen (secondary N) is 1. The second kappa shape index (κ2) is 20.4. The molecule has 3 atom stereocenters. The van der Waals surface area contributed by atoms with Crippen LogP contribution in [0.3, 0.4) is 0 Å². The van der Waals surface area contributed by atoms with E-state index in [0.29, 0.717) is 10.7 Å². The number of nitrogens with zero attached hydrogens (tertiary/aromatic N) is 5. The van der Waals surface area contributed by atoms with E-state index in [1.54, 1.807) is 0 Å². The molecule has 1 aliphatic rings. The van der Waals surface area contributed by atoms with Gasteiger partial charge in [-0.05, 0) is 68.5 Å². The van der Waals surface area contributed by atoms with Gasteiger partial charge in [0.1, 0.15) is 52.8 Å². The first-order valence-corrected chi connectivity index (χ1v) is 22.7. The van der Waals surface area contributed by atoms with Crippen LogP contribution in [0.5, 0.6) is 0 Å². The summed E-state index contributed by atoms with van der Waals surface area (Å²) >= 11 is 4.03. The number of anilines is 1. The summed E-state index contributed by atoms with van der Waals surface area (Å²) in [4.78, 5) is 46.2. The first kappa shape index (κ1) is 53.1. The van der Waals surface area contributed by atoms with Gasteiger partial charge in [0.2, 0.25) is 11.7 Å². The SMILES string of the molecule is CS(=O)C(C)(C)C#Cc1ccc(-c2ccc(Cl)c3c(N(C(=O)OCC(=O)O)[S+](C)[O-])nn(CC(F)(F)F)c23)c(C(Cc2cc(F)cc(F)c2)NC(=O)CN=C2C(=C(N)C(F)(F)F)CCC2(F)F)n1. The number of allylic oxidation sites excluding steroid dienone is 2. The molecular weight excluding hydrogens is 992 g/mol. The Morgan fingerprint density at radius 2 is 1.74 bits per heavy atom. The quantitative estimate of drug-likeness (QED) is 0.0685. The third kappa shape index (κ3) is 12.6. The van der Waals surface area contributed by atoms with E-state index in [4.69, 9.17) is 22.4 Å². The lowest BCUT2D eigenvalue weighted by Crippen LogP contribution is -2.38. The van der Waals surface area contributed by atoms with Crippen molar-refractivity contribution in [1.82, 2.24) is 20.1 Å². The number of fused-ring (bicyclic) bond motifs is 1. The number of carbonyl (C=O) groups excluding carboxylic acids is 2. The van der Waals surface area contributed by atoms with Crippen LogP contribution in [0, 0.1) is 23.5 Å². The van der Waals surface area contributed by atoms with E-state index < -0.39 is 159 Å². The van der Waals surface area contributed by atoms with Crippen molar-refractivity contribution in [2.45, 2.75) is 68.7 Å². The molecule has 2 heterocycles. The lowest BCUT2D eigenvalue weighted by molar-refractivity contribution is -0.142. The van der Waals surface area contributed by atoms with Crippen molar-refractivity contribution in [3.63, 3.8) is 0 Å². The Kier molecular flexibility index (Phi) is 15.9. The molecule has 27 heteroatoms. The fraction of sp³-hybridized carbons (Fsp3) is 0.366. The number of alkyl halides is 8. The van der Waals surface area contributed by atoms with Crippen LogP contribution in [0.15, 0.2) is 58.7 Å². The Hall–Kier alpha value is -5.91. The van der Waals surface area contributed by atoms with Crippen LogP contribution in [0.25, 0.3) is 22.0 Å². The van der Waals surface area contributed by atoms with Crippen LogP contribution in [0.4, 0.5) is 54.5 Å². The molecule has 0 bridgehead atoms. The number of amides is 2. The smallest absolute Gasteiger partial charge is 0.458 e. The van der Waals surface area contributed by atoms with Gasteiger partial charge < -0.3 is 25.4 Å². The molecule has 0 saturated heterocycles. The minimum absolute atomic E-state index is 0.168. The van der Waals surface area contributed by atoms with Crippen molar-refractivity contribution in [2.24, 2.45) is 10.7 Å². The molecular formula is C41H36ClF10N7O7S2.